The third-order valence-corrected chi connectivity index (χ3v) is 8.04. The fourth-order valence-electron chi connectivity index (χ4n) is 6.02. The lowest BCUT2D eigenvalue weighted by Gasteiger charge is -2.38. The van der Waals surface area contributed by atoms with Crippen molar-refractivity contribution in [3.8, 4) is 0 Å². The number of carbonyl (C=O) groups excluding carboxylic acids is 2. The first-order valence-electron chi connectivity index (χ1n) is 13.5. The molecule has 2 aliphatic heterocycles. The number of para-hydroxylation sites is 2. The van der Waals surface area contributed by atoms with E-state index in [1.807, 2.05) is 11.8 Å². The number of rotatable bonds is 5. The van der Waals surface area contributed by atoms with Gasteiger partial charge in [-0.05, 0) is 50.7 Å². The van der Waals surface area contributed by atoms with Crippen LogP contribution in [0.2, 0.25) is 0 Å². The van der Waals surface area contributed by atoms with Crippen LogP contribution in [0.1, 0.15) is 51.9 Å². The van der Waals surface area contributed by atoms with Crippen LogP contribution < -0.4 is 4.90 Å². The Morgan fingerprint density at radius 2 is 1.60 bits per heavy atom. The maximum Gasteiger partial charge on any atom is 0.409 e. The number of imidazole rings is 1. The summed E-state index contributed by atoms with van der Waals surface area (Å²) in [7, 11) is 0. The number of hydrogen-bond donors (Lipinski definition) is 0. The molecule has 3 fully saturated rings. The molecule has 190 valence electrons. The number of hydrogen-bond acceptors (Lipinski definition) is 5. The van der Waals surface area contributed by atoms with Crippen LogP contribution in [0, 0.1) is 11.8 Å². The zero-order valence-electron chi connectivity index (χ0n) is 21.0. The van der Waals surface area contributed by atoms with E-state index in [9.17, 15) is 9.59 Å². The summed E-state index contributed by atoms with van der Waals surface area (Å²) >= 11 is 0. The summed E-state index contributed by atoms with van der Waals surface area (Å²) < 4.78 is 7.54. The van der Waals surface area contributed by atoms with Crippen LogP contribution in [0.15, 0.2) is 24.3 Å². The average Bonchev–Trinajstić information content (AvgIpc) is 3.27. The van der Waals surface area contributed by atoms with E-state index in [4.69, 9.17) is 9.72 Å². The molecule has 2 saturated heterocycles. The van der Waals surface area contributed by atoms with Crippen molar-refractivity contribution in [1.82, 2.24) is 19.4 Å². The molecule has 1 aromatic heterocycles. The van der Waals surface area contributed by atoms with Crippen molar-refractivity contribution >= 4 is 29.0 Å². The summed E-state index contributed by atoms with van der Waals surface area (Å²) in [5.74, 6) is 2.10. The van der Waals surface area contributed by atoms with Crippen LogP contribution in [0.5, 0.6) is 0 Å². The van der Waals surface area contributed by atoms with Crippen molar-refractivity contribution in [2.45, 2.75) is 58.4 Å². The fraction of sp³-hybridized carbons (Fsp3) is 0.667. The predicted molar refractivity (Wildman–Crippen MR) is 136 cm³/mol. The number of piperidine rings is 1. The average molecular weight is 482 g/mol. The Balaban J connectivity index is 1.21. The molecule has 35 heavy (non-hydrogen) atoms. The van der Waals surface area contributed by atoms with Gasteiger partial charge in [0.15, 0.2) is 0 Å². The SMILES string of the molecule is CCOC(=O)N1CCN(C(=O)C2CCN(c3nc4ccccc4n3CC3CCCCC3)CC2)CC1. The smallest absolute Gasteiger partial charge is 0.409 e. The molecular formula is C27H39N5O3. The van der Waals surface area contributed by atoms with Crippen LogP contribution in [-0.2, 0) is 16.1 Å². The van der Waals surface area contributed by atoms with Gasteiger partial charge in [0.2, 0.25) is 11.9 Å². The van der Waals surface area contributed by atoms with Gasteiger partial charge in [-0.1, -0.05) is 31.4 Å². The Morgan fingerprint density at radius 1 is 0.914 bits per heavy atom. The van der Waals surface area contributed by atoms with Gasteiger partial charge in [0.05, 0.1) is 17.6 Å². The molecule has 1 aromatic carbocycles. The van der Waals surface area contributed by atoms with Crippen LogP contribution in [0.3, 0.4) is 0 Å². The van der Waals surface area contributed by atoms with E-state index in [1.54, 1.807) is 4.90 Å². The predicted octanol–water partition coefficient (Wildman–Crippen LogP) is 4.13. The molecule has 0 radical (unpaired) electrons. The van der Waals surface area contributed by atoms with Gasteiger partial charge in [-0.3, -0.25) is 4.79 Å². The molecular weight excluding hydrogens is 442 g/mol. The minimum atomic E-state index is -0.274. The molecule has 0 spiro atoms. The second-order valence-corrected chi connectivity index (χ2v) is 10.3. The second-order valence-electron chi connectivity index (χ2n) is 10.3. The van der Waals surface area contributed by atoms with Crippen molar-refractivity contribution in [1.29, 1.82) is 0 Å². The van der Waals surface area contributed by atoms with E-state index in [2.05, 4.69) is 33.7 Å². The summed E-state index contributed by atoms with van der Waals surface area (Å²) in [5.41, 5.74) is 2.29. The van der Waals surface area contributed by atoms with E-state index in [1.165, 1.54) is 37.6 Å². The lowest BCUT2D eigenvalue weighted by atomic mass is 9.89. The Hall–Kier alpha value is -2.77. The minimum absolute atomic E-state index is 0.0524. The first kappa shape index (κ1) is 23.9. The zero-order chi connectivity index (χ0) is 24.2. The number of anilines is 1. The van der Waals surface area contributed by atoms with E-state index in [0.29, 0.717) is 32.8 Å². The lowest BCUT2D eigenvalue weighted by Crippen LogP contribution is -2.53. The molecule has 3 aliphatic rings. The molecule has 0 atom stereocenters. The number of piperazine rings is 1. The number of ether oxygens (including phenoxy) is 1. The molecule has 1 saturated carbocycles. The molecule has 0 unspecified atom stereocenters. The Labute approximate surface area is 208 Å². The van der Waals surface area contributed by atoms with Crippen molar-refractivity contribution in [3.05, 3.63) is 24.3 Å². The zero-order valence-corrected chi connectivity index (χ0v) is 21.0. The largest absolute Gasteiger partial charge is 0.450 e. The van der Waals surface area contributed by atoms with E-state index in [0.717, 1.165) is 49.9 Å². The first-order chi connectivity index (χ1) is 17.1. The topological polar surface area (TPSA) is 70.9 Å². The molecule has 3 heterocycles. The highest BCUT2D eigenvalue weighted by atomic mass is 16.6. The highest BCUT2D eigenvalue weighted by Gasteiger charge is 2.33. The summed E-state index contributed by atoms with van der Waals surface area (Å²) in [6.45, 7) is 7.23. The molecule has 0 N–H and O–H groups in total. The number of benzene rings is 1. The van der Waals surface area contributed by atoms with Crippen LogP contribution >= 0.6 is 0 Å². The standard InChI is InChI=1S/C27H39N5O3/c1-2-35-27(34)31-18-16-29(17-19-31)25(33)22-12-14-30(15-13-22)26-28-23-10-6-7-11-24(23)32(26)20-21-8-4-3-5-9-21/h6-7,10-11,21-22H,2-5,8-9,12-20H2,1H3. The Bertz CT molecular complexity index is 1010. The van der Waals surface area contributed by atoms with Gasteiger partial charge in [0.1, 0.15) is 0 Å². The number of amides is 2. The normalized spacial score (nSPS) is 20.4. The van der Waals surface area contributed by atoms with Crippen molar-refractivity contribution in [2.24, 2.45) is 11.8 Å². The number of carbonyl (C=O) groups is 2. The van der Waals surface area contributed by atoms with Gasteiger partial charge in [-0.25, -0.2) is 9.78 Å². The van der Waals surface area contributed by atoms with Crippen LogP contribution in [-0.4, -0.2) is 77.2 Å². The Kier molecular flexibility index (Phi) is 7.44. The quantitative estimate of drug-likeness (QED) is 0.642. The number of aromatic nitrogens is 2. The van der Waals surface area contributed by atoms with Crippen molar-refractivity contribution in [2.75, 3.05) is 50.8 Å². The molecule has 8 heteroatoms. The van der Waals surface area contributed by atoms with Gasteiger partial charge < -0.3 is 24.0 Å². The van der Waals surface area contributed by atoms with Gasteiger partial charge in [-0.2, -0.15) is 0 Å². The first-order valence-corrected chi connectivity index (χ1v) is 13.5. The molecule has 1 aliphatic carbocycles. The third kappa shape index (κ3) is 5.26. The second kappa shape index (κ2) is 10.9. The van der Waals surface area contributed by atoms with Gasteiger partial charge in [0, 0.05) is 51.7 Å². The van der Waals surface area contributed by atoms with Gasteiger partial charge in [-0.15, -0.1) is 0 Å². The van der Waals surface area contributed by atoms with Gasteiger partial charge >= 0.3 is 6.09 Å². The summed E-state index contributed by atoms with van der Waals surface area (Å²) in [6, 6.07) is 8.48. The van der Waals surface area contributed by atoms with E-state index >= 15 is 0 Å². The number of nitrogens with zero attached hydrogens (tertiary/aromatic N) is 5. The Morgan fingerprint density at radius 3 is 2.31 bits per heavy atom. The third-order valence-electron chi connectivity index (χ3n) is 8.04. The highest BCUT2D eigenvalue weighted by molar-refractivity contribution is 5.80. The van der Waals surface area contributed by atoms with Crippen molar-refractivity contribution in [3.63, 3.8) is 0 Å². The molecule has 0 bridgehead atoms. The molecule has 8 nitrogen and oxygen atoms in total. The van der Waals surface area contributed by atoms with E-state index < -0.39 is 0 Å². The molecule has 2 aromatic rings. The maximum atomic E-state index is 13.2. The molecule has 5 rings (SSSR count). The summed E-state index contributed by atoms with van der Waals surface area (Å²) in [5, 5.41) is 0. The minimum Gasteiger partial charge on any atom is -0.450 e. The van der Waals surface area contributed by atoms with E-state index in [-0.39, 0.29) is 17.9 Å². The monoisotopic (exact) mass is 481 g/mol. The van der Waals surface area contributed by atoms with Crippen LogP contribution in [0.4, 0.5) is 10.7 Å². The van der Waals surface area contributed by atoms with Crippen LogP contribution in [0.25, 0.3) is 11.0 Å². The lowest BCUT2D eigenvalue weighted by molar-refractivity contribution is -0.137. The molecule has 2 amide bonds. The highest BCUT2D eigenvalue weighted by Crippen LogP contribution is 2.32. The van der Waals surface area contributed by atoms with Crippen molar-refractivity contribution < 1.29 is 14.3 Å². The maximum absolute atomic E-state index is 13.2. The number of fused-ring (bicyclic) bond motifs is 1. The summed E-state index contributed by atoms with van der Waals surface area (Å²) in [4.78, 5) is 36.3. The fourth-order valence-corrected chi connectivity index (χ4v) is 6.02. The van der Waals surface area contributed by atoms with Gasteiger partial charge in [0.25, 0.3) is 0 Å². The summed E-state index contributed by atoms with van der Waals surface area (Å²) in [6.07, 6.45) is 8.10.